The summed E-state index contributed by atoms with van der Waals surface area (Å²) in [5.41, 5.74) is 1.33. The molecule has 1 amide bonds. The van der Waals surface area contributed by atoms with Crippen LogP contribution in [0.3, 0.4) is 0 Å². The molecule has 31 heavy (non-hydrogen) atoms. The van der Waals surface area contributed by atoms with Gasteiger partial charge in [0, 0.05) is 5.92 Å². The van der Waals surface area contributed by atoms with Gasteiger partial charge >= 0.3 is 17.9 Å². The van der Waals surface area contributed by atoms with Crippen LogP contribution in [-0.4, -0.2) is 49.2 Å². The minimum absolute atomic E-state index is 0.579. The molecular formula is C23H25NO7. The highest BCUT2D eigenvalue weighted by Gasteiger charge is 2.42. The average molecular weight is 427 g/mol. The fourth-order valence-electron chi connectivity index (χ4n) is 3.41. The summed E-state index contributed by atoms with van der Waals surface area (Å²) in [6.45, 7) is 1.37. The maximum atomic E-state index is 13.3. The average Bonchev–Trinajstić information content (AvgIpc) is 2.78. The maximum Gasteiger partial charge on any atom is 0.326 e. The van der Waals surface area contributed by atoms with Gasteiger partial charge in [0.05, 0.1) is 20.1 Å². The van der Waals surface area contributed by atoms with Crippen LogP contribution in [0.5, 0.6) is 0 Å². The highest BCUT2D eigenvalue weighted by atomic mass is 16.5. The quantitative estimate of drug-likeness (QED) is 0.464. The lowest BCUT2D eigenvalue weighted by molar-refractivity contribution is -0.163. The molecule has 2 N–H and O–H groups in total. The lowest BCUT2D eigenvalue weighted by Crippen LogP contribution is -2.51. The van der Waals surface area contributed by atoms with Crippen molar-refractivity contribution in [2.45, 2.75) is 18.9 Å². The molecule has 0 aliphatic rings. The van der Waals surface area contributed by atoms with Gasteiger partial charge in [-0.05, 0) is 11.1 Å². The molecule has 0 aliphatic heterocycles. The number of hydrogen-bond donors (Lipinski definition) is 2. The molecule has 0 aromatic heterocycles. The molecule has 8 nitrogen and oxygen atoms in total. The first-order valence-electron chi connectivity index (χ1n) is 9.60. The number of esters is 2. The number of rotatable bonds is 9. The zero-order valence-electron chi connectivity index (χ0n) is 17.5. The Morgan fingerprint density at radius 2 is 1.23 bits per heavy atom. The molecule has 0 bridgehead atoms. The van der Waals surface area contributed by atoms with E-state index in [0.29, 0.717) is 11.1 Å². The summed E-state index contributed by atoms with van der Waals surface area (Å²) in [5, 5.41) is 12.3. The molecular weight excluding hydrogens is 402 g/mol. The Labute approximate surface area is 180 Å². The maximum absolute atomic E-state index is 13.3. The highest BCUT2D eigenvalue weighted by molar-refractivity contribution is 5.97. The number of methoxy groups -OCH3 is 2. The Hall–Kier alpha value is -3.68. The first-order valence-corrected chi connectivity index (χ1v) is 9.60. The van der Waals surface area contributed by atoms with Gasteiger partial charge in [-0.25, -0.2) is 4.79 Å². The SMILES string of the molecule is COC(=O)C(C(=O)OC)[C@H](C)[C@H](NC(=O)C(c1ccccc1)c1ccccc1)C(=O)O. The smallest absolute Gasteiger partial charge is 0.326 e. The van der Waals surface area contributed by atoms with Crippen molar-refractivity contribution >= 4 is 23.8 Å². The number of carbonyl (C=O) groups excluding carboxylic acids is 3. The first kappa shape index (κ1) is 23.6. The third kappa shape index (κ3) is 5.69. The molecule has 0 saturated heterocycles. The second-order valence-corrected chi connectivity index (χ2v) is 6.96. The van der Waals surface area contributed by atoms with E-state index in [4.69, 9.17) is 0 Å². The van der Waals surface area contributed by atoms with E-state index in [-0.39, 0.29) is 0 Å². The Balaban J connectivity index is 2.39. The number of amides is 1. The third-order valence-corrected chi connectivity index (χ3v) is 5.05. The molecule has 2 aromatic rings. The van der Waals surface area contributed by atoms with Crippen LogP contribution in [-0.2, 0) is 28.7 Å². The topological polar surface area (TPSA) is 119 Å². The van der Waals surface area contributed by atoms with Gasteiger partial charge in [0.2, 0.25) is 5.91 Å². The fourth-order valence-corrected chi connectivity index (χ4v) is 3.41. The molecule has 2 aromatic carbocycles. The van der Waals surface area contributed by atoms with Gasteiger partial charge in [-0.15, -0.1) is 0 Å². The van der Waals surface area contributed by atoms with E-state index in [1.54, 1.807) is 48.5 Å². The second-order valence-electron chi connectivity index (χ2n) is 6.96. The van der Waals surface area contributed by atoms with Crippen molar-refractivity contribution in [3.8, 4) is 0 Å². The normalized spacial score (nSPS) is 12.7. The zero-order valence-corrected chi connectivity index (χ0v) is 17.5. The molecule has 0 heterocycles. The van der Waals surface area contributed by atoms with Crippen LogP contribution in [0.25, 0.3) is 0 Å². The Morgan fingerprint density at radius 3 is 1.58 bits per heavy atom. The molecule has 0 radical (unpaired) electrons. The van der Waals surface area contributed by atoms with Crippen LogP contribution < -0.4 is 5.32 Å². The number of carboxylic acids is 1. The summed E-state index contributed by atoms with van der Waals surface area (Å²) >= 11 is 0. The van der Waals surface area contributed by atoms with E-state index >= 15 is 0 Å². The lowest BCUT2D eigenvalue weighted by Gasteiger charge is -2.28. The predicted molar refractivity (Wildman–Crippen MR) is 111 cm³/mol. The van der Waals surface area contributed by atoms with Crippen molar-refractivity contribution in [2.75, 3.05) is 14.2 Å². The van der Waals surface area contributed by atoms with E-state index in [1.165, 1.54) is 6.92 Å². The Kier molecular flexibility index (Phi) is 8.31. The Bertz CT molecular complexity index is 859. The van der Waals surface area contributed by atoms with Crippen molar-refractivity contribution in [3.05, 3.63) is 71.8 Å². The fraction of sp³-hybridized carbons (Fsp3) is 0.304. The van der Waals surface area contributed by atoms with E-state index in [2.05, 4.69) is 14.8 Å². The minimum Gasteiger partial charge on any atom is -0.480 e. The van der Waals surface area contributed by atoms with Crippen molar-refractivity contribution in [1.29, 1.82) is 0 Å². The van der Waals surface area contributed by atoms with Crippen LogP contribution >= 0.6 is 0 Å². The molecule has 164 valence electrons. The largest absolute Gasteiger partial charge is 0.480 e. The van der Waals surface area contributed by atoms with Crippen molar-refractivity contribution in [2.24, 2.45) is 11.8 Å². The van der Waals surface area contributed by atoms with E-state index < -0.39 is 47.6 Å². The van der Waals surface area contributed by atoms with Crippen LogP contribution in [0.1, 0.15) is 24.0 Å². The standard InChI is InChI=1S/C23H25NO7/c1-14(17(22(28)30-2)23(29)31-3)19(21(26)27)24-20(25)18(15-10-6-4-7-11-15)16-12-8-5-9-13-16/h4-14,17-19H,1-3H3,(H,24,25)(H,26,27)/t14-,19-/m0/s1. The van der Waals surface area contributed by atoms with Crippen LogP contribution in [0.2, 0.25) is 0 Å². The second kappa shape index (κ2) is 10.9. The Morgan fingerprint density at radius 1 is 0.806 bits per heavy atom. The highest BCUT2D eigenvalue weighted by Crippen LogP contribution is 2.26. The molecule has 2 atom stereocenters. The summed E-state index contributed by atoms with van der Waals surface area (Å²) in [4.78, 5) is 49.5. The van der Waals surface area contributed by atoms with Crippen molar-refractivity contribution in [3.63, 3.8) is 0 Å². The molecule has 0 spiro atoms. The van der Waals surface area contributed by atoms with Gasteiger partial charge < -0.3 is 19.9 Å². The third-order valence-electron chi connectivity index (χ3n) is 5.05. The monoisotopic (exact) mass is 427 g/mol. The lowest BCUT2D eigenvalue weighted by atomic mass is 9.85. The molecule has 8 heteroatoms. The van der Waals surface area contributed by atoms with E-state index in [1.807, 2.05) is 12.1 Å². The summed E-state index contributed by atoms with van der Waals surface area (Å²) in [6, 6.07) is 16.3. The number of aliphatic carboxylic acids is 1. The number of benzene rings is 2. The molecule has 0 saturated carbocycles. The van der Waals surface area contributed by atoms with Crippen LogP contribution in [0, 0.1) is 11.8 Å². The minimum atomic E-state index is -1.54. The van der Waals surface area contributed by atoms with Gasteiger partial charge in [0.25, 0.3) is 0 Å². The van der Waals surface area contributed by atoms with Gasteiger partial charge in [-0.3, -0.25) is 14.4 Å². The van der Waals surface area contributed by atoms with Crippen LogP contribution in [0.15, 0.2) is 60.7 Å². The van der Waals surface area contributed by atoms with E-state index in [9.17, 15) is 24.3 Å². The first-order chi connectivity index (χ1) is 14.8. The number of nitrogens with one attached hydrogen (secondary N) is 1. The molecule has 2 rings (SSSR count). The summed E-state index contributed by atoms with van der Waals surface area (Å²) in [7, 11) is 2.17. The predicted octanol–water partition coefficient (Wildman–Crippen LogP) is 1.99. The van der Waals surface area contributed by atoms with Gasteiger partial charge in [-0.2, -0.15) is 0 Å². The van der Waals surface area contributed by atoms with Crippen LogP contribution in [0.4, 0.5) is 0 Å². The van der Waals surface area contributed by atoms with Gasteiger partial charge in [0.15, 0.2) is 5.92 Å². The summed E-state index contributed by atoms with van der Waals surface area (Å²) < 4.78 is 9.26. The van der Waals surface area contributed by atoms with Gasteiger partial charge in [0.1, 0.15) is 6.04 Å². The number of carboxylic acid groups (broad SMARTS) is 1. The van der Waals surface area contributed by atoms with Crippen molar-refractivity contribution < 1.29 is 33.8 Å². The molecule has 0 unspecified atom stereocenters. The summed E-state index contributed by atoms with van der Waals surface area (Å²) in [6.07, 6.45) is 0. The van der Waals surface area contributed by atoms with Gasteiger partial charge in [-0.1, -0.05) is 67.6 Å². The van der Waals surface area contributed by atoms with Crippen molar-refractivity contribution in [1.82, 2.24) is 5.32 Å². The number of hydrogen-bond acceptors (Lipinski definition) is 6. The summed E-state index contributed by atoms with van der Waals surface area (Å²) in [5.74, 6) is -7.28. The van der Waals surface area contributed by atoms with E-state index in [0.717, 1.165) is 14.2 Å². The molecule has 0 aliphatic carbocycles. The number of carbonyl (C=O) groups is 4. The molecule has 0 fully saturated rings. The number of ether oxygens (including phenoxy) is 2. The zero-order chi connectivity index (χ0) is 23.0.